The van der Waals surface area contributed by atoms with Crippen LogP contribution in [0.1, 0.15) is 43.9 Å². The molecule has 0 fully saturated rings. The van der Waals surface area contributed by atoms with Crippen LogP contribution in [-0.2, 0) is 6.42 Å². The maximum Gasteiger partial charge on any atom is 0.0206 e. The van der Waals surface area contributed by atoms with E-state index in [0.29, 0.717) is 0 Å². The summed E-state index contributed by atoms with van der Waals surface area (Å²) in [5, 5.41) is 0. The molecule has 0 amide bonds. The van der Waals surface area contributed by atoms with E-state index in [2.05, 4.69) is 74.2 Å². The summed E-state index contributed by atoms with van der Waals surface area (Å²) in [5.41, 5.74) is 4.21. The van der Waals surface area contributed by atoms with Crippen molar-refractivity contribution < 1.29 is 0 Å². The number of nitrogens with zero attached hydrogens (tertiary/aromatic N) is 1. The van der Waals surface area contributed by atoms with E-state index < -0.39 is 0 Å². The smallest absolute Gasteiger partial charge is 0.0206 e. The fourth-order valence-corrected chi connectivity index (χ4v) is 5.49. The molecule has 1 nitrogen and oxygen atoms in total. The average Bonchev–Trinajstić information content (AvgIpc) is 2.82. The Morgan fingerprint density at radius 1 is 0.962 bits per heavy atom. The van der Waals surface area contributed by atoms with Gasteiger partial charge in [0, 0.05) is 32.6 Å². The van der Waals surface area contributed by atoms with Crippen molar-refractivity contribution in [1.82, 2.24) is 4.90 Å². The third kappa shape index (κ3) is 4.76. The van der Waals surface area contributed by atoms with Crippen LogP contribution in [0.5, 0.6) is 0 Å². The molecular weight excluding hydrogens is 354 g/mol. The first-order valence-electron chi connectivity index (χ1n) is 9.72. The average molecular weight is 384 g/mol. The number of aryl methyl sites for hydroxylation is 1. The summed E-state index contributed by atoms with van der Waals surface area (Å²) in [6.45, 7) is 10.2. The molecule has 138 valence electrons. The van der Waals surface area contributed by atoms with Gasteiger partial charge >= 0.3 is 0 Å². The van der Waals surface area contributed by atoms with Crippen LogP contribution >= 0.6 is 23.5 Å². The molecule has 3 heteroatoms. The zero-order valence-corrected chi connectivity index (χ0v) is 17.8. The molecule has 0 N–H and O–H groups in total. The van der Waals surface area contributed by atoms with E-state index in [-0.39, 0.29) is 0 Å². The van der Waals surface area contributed by atoms with E-state index >= 15 is 0 Å². The molecule has 0 saturated heterocycles. The summed E-state index contributed by atoms with van der Waals surface area (Å²) in [6, 6.07) is 15.8. The summed E-state index contributed by atoms with van der Waals surface area (Å²) in [4.78, 5) is 6.66. The SMILES string of the molecule is CCCc1ccc2c(c1)C(SCCN(CC)CC)=Cc1ccccc1S2. The Hall–Kier alpha value is -1.16. The molecule has 0 saturated carbocycles. The first kappa shape index (κ1) is 19.6. The quantitative estimate of drug-likeness (QED) is 0.501. The molecule has 0 spiro atoms. The number of thioether (sulfide) groups is 1. The fourth-order valence-electron chi connectivity index (χ4n) is 3.28. The molecule has 0 aliphatic carbocycles. The Bertz CT molecular complexity index is 763. The van der Waals surface area contributed by atoms with Gasteiger partial charge in [-0.2, -0.15) is 0 Å². The zero-order chi connectivity index (χ0) is 18.4. The zero-order valence-electron chi connectivity index (χ0n) is 16.1. The van der Waals surface area contributed by atoms with E-state index in [1.165, 1.54) is 37.8 Å². The maximum atomic E-state index is 2.50. The number of fused-ring (bicyclic) bond motifs is 2. The molecule has 0 radical (unpaired) electrons. The Morgan fingerprint density at radius 3 is 2.54 bits per heavy atom. The Morgan fingerprint density at radius 2 is 1.77 bits per heavy atom. The summed E-state index contributed by atoms with van der Waals surface area (Å²) in [7, 11) is 0. The maximum absolute atomic E-state index is 2.50. The van der Waals surface area contributed by atoms with E-state index in [1.54, 1.807) is 0 Å². The van der Waals surface area contributed by atoms with Crippen LogP contribution in [0.3, 0.4) is 0 Å². The highest BCUT2D eigenvalue weighted by Crippen LogP contribution is 2.44. The van der Waals surface area contributed by atoms with Gasteiger partial charge in [0.05, 0.1) is 0 Å². The van der Waals surface area contributed by atoms with Crippen LogP contribution < -0.4 is 0 Å². The highest BCUT2D eigenvalue weighted by molar-refractivity contribution is 8.08. The minimum atomic E-state index is 1.13. The van der Waals surface area contributed by atoms with Crippen LogP contribution in [0, 0.1) is 0 Å². The van der Waals surface area contributed by atoms with Crippen molar-refractivity contribution in [1.29, 1.82) is 0 Å². The van der Waals surface area contributed by atoms with Gasteiger partial charge in [-0.1, -0.05) is 63.2 Å². The normalized spacial score (nSPS) is 13.2. The van der Waals surface area contributed by atoms with Gasteiger partial charge in [-0.05, 0) is 54.9 Å². The Balaban J connectivity index is 1.91. The van der Waals surface area contributed by atoms with Crippen LogP contribution in [0.25, 0.3) is 11.0 Å². The molecule has 2 aromatic rings. The summed E-state index contributed by atoms with van der Waals surface area (Å²) in [6.07, 6.45) is 4.75. The van der Waals surface area contributed by atoms with Gasteiger partial charge in [-0.3, -0.25) is 0 Å². The van der Waals surface area contributed by atoms with Crippen LogP contribution in [0.15, 0.2) is 52.3 Å². The van der Waals surface area contributed by atoms with Crippen molar-refractivity contribution in [3.05, 3.63) is 59.2 Å². The Kier molecular flexibility index (Phi) is 7.30. The lowest BCUT2D eigenvalue weighted by Gasteiger charge is -2.18. The van der Waals surface area contributed by atoms with Gasteiger partial charge in [0.15, 0.2) is 0 Å². The predicted octanol–water partition coefficient (Wildman–Crippen LogP) is 6.68. The lowest BCUT2D eigenvalue weighted by atomic mass is 10.1. The van der Waals surface area contributed by atoms with Crippen molar-refractivity contribution in [3.8, 4) is 0 Å². The highest BCUT2D eigenvalue weighted by atomic mass is 32.2. The van der Waals surface area contributed by atoms with Crippen molar-refractivity contribution >= 4 is 34.5 Å². The molecule has 0 atom stereocenters. The third-order valence-electron chi connectivity index (χ3n) is 4.83. The predicted molar refractivity (Wildman–Crippen MR) is 119 cm³/mol. The second kappa shape index (κ2) is 9.68. The fraction of sp³-hybridized carbons (Fsp3) is 0.391. The van der Waals surface area contributed by atoms with E-state index in [0.717, 1.165) is 31.8 Å². The minimum Gasteiger partial charge on any atom is -0.303 e. The second-order valence-electron chi connectivity index (χ2n) is 6.60. The largest absolute Gasteiger partial charge is 0.303 e. The van der Waals surface area contributed by atoms with Crippen molar-refractivity contribution in [2.75, 3.05) is 25.4 Å². The van der Waals surface area contributed by atoms with Gasteiger partial charge in [0.2, 0.25) is 0 Å². The lowest BCUT2D eigenvalue weighted by molar-refractivity contribution is 0.324. The minimum absolute atomic E-state index is 1.13. The summed E-state index contributed by atoms with van der Waals surface area (Å²) < 4.78 is 0. The van der Waals surface area contributed by atoms with Gasteiger partial charge in [-0.15, -0.1) is 11.8 Å². The molecule has 1 aliphatic rings. The first-order valence-corrected chi connectivity index (χ1v) is 11.5. The molecule has 26 heavy (non-hydrogen) atoms. The van der Waals surface area contributed by atoms with Gasteiger partial charge in [-0.25, -0.2) is 0 Å². The van der Waals surface area contributed by atoms with Gasteiger partial charge in [0.1, 0.15) is 0 Å². The van der Waals surface area contributed by atoms with Crippen molar-refractivity contribution in [2.24, 2.45) is 0 Å². The molecule has 3 rings (SSSR count). The third-order valence-corrected chi connectivity index (χ3v) is 7.04. The van der Waals surface area contributed by atoms with Crippen LogP contribution in [-0.4, -0.2) is 30.3 Å². The van der Waals surface area contributed by atoms with E-state index in [1.807, 2.05) is 23.5 Å². The lowest BCUT2D eigenvalue weighted by Crippen LogP contribution is -2.25. The second-order valence-corrected chi connectivity index (χ2v) is 8.82. The number of hydrogen-bond acceptors (Lipinski definition) is 3. The summed E-state index contributed by atoms with van der Waals surface area (Å²) >= 11 is 3.92. The van der Waals surface area contributed by atoms with Gasteiger partial charge < -0.3 is 4.90 Å². The molecule has 1 heterocycles. The van der Waals surface area contributed by atoms with Crippen molar-refractivity contribution in [2.45, 2.75) is 43.4 Å². The number of hydrogen-bond donors (Lipinski definition) is 0. The topological polar surface area (TPSA) is 3.24 Å². The van der Waals surface area contributed by atoms with Gasteiger partial charge in [0.25, 0.3) is 0 Å². The van der Waals surface area contributed by atoms with E-state index in [9.17, 15) is 0 Å². The monoisotopic (exact) mass is 383 g/mol. The molecule has 0 unspecified atom stereocenters. The molecule has 2 aromatic carbocycles. The molecule has 0 aromatic heterocycles. The Labute approximate surface area is 167 Å². The summed E-state index contributed by atoms with van der Waals surface area (Å²) in [5.74, 6) is 1.14. The number of rotatable bonds is 8. The molecule has 1 aliphatic heterocycles. The van der Waals surface area contributed by atoms with E-state index in [4.69, 9.17) is 0 Å². The van der Waals surface area contributed by atoms with Crippen LogP contribution in [0.4, 0.5) is 0 Å². The molecule has 0 bridgehead atoms. The van der Waals surface area contributed by atoms with Crippen LogP contribution in [0.2, 0.25) is 0 Å². The molecular formula is C23H29NS2. The first-order chi connectivity index (χ1) is 12.7. The standard InChI is InChI=1S/C23H29NS2/c1-4-9-18-12-13-22-20(16-18)23(25-15-14-24(5-2)6-3)17-19-10-7-8-11-21(19)26-22/h7-8,10-13,16-17H,4-6,9,14-15H2,1-3H3. The highest BCUT2D eigenvalue weighted by Gasteiger charge is 2.17. The number of benzene rings is 2. The van der Waals surface area contributed by atoms with Crippen molar-refractivity contribution in [3.63, 3.8) is 0 Å².